The molecule has 2 amide bonds. The van der Waals surface area contributed by atoms with E-state index in [-0.39, 0.29) is 46.8 Å². The van der Waals surface area contributed by atoms with Gasteiger partial charge in [-0.05, 0) is 0 Å². The van der Waals surface area contributed by atoms with E-state index in [1.54, 1.807) is 5.38 Å². The van der Waals surface area contributed by atoms with Crippen LogP contribution in [0.5, 0.6) is 0 Å². The summed E-state index contributed by atoms with van der Waals surface area (Å²) < 4.78 is 4.91. The van der Waals surface area contributed by atoms with Gasteiger partial charge in [0.25, 0.3) is 11.8 Å². The van der Waals surface area contributed by atoms with E-state index in [0.717, 1.165) is 16.2 Å². The molecule has 0 saturated carbocycles. The molecule has 2 aromatic rings. The van der Waals surface area contributed by atoms with Gasteiger partial charge in [-0.1, -0.05) is 5.16 Å². The molecule has 2 aliphatic rings. The number of β-lactam (4-membered cyclic amide) rings is 1. The number of thioether (sulfide) groups is 1. The number of rotatable bonds is 9. The minimum atomic E-state index is -1.34. The number of aliphatic carboxylic acids is 1. The smallest absolute Gasteiger partial charge is 0.352 e. The molecule has 0 aromatic carbocycles. The predicted octanol–water partition coefficient (Wildman–Crippen LogP) is -0.0134. The molecule has 17 heteroatoms. The Labute approximate surface area is 215 Å². The summed E-state index contributed by atoms with van der Waals surface area (Å²) in [6, 6.07) is -1.02. The summed E-state index contributed by atoms with van der Waals surface area (Å²) in [6.07, 6.45) is 0. The minimum absolute atomic E-state index is 0.0589. The minimum Gasteiger partial charge on any atom is -0.477 e. The molecule has 1 unspecified atom stereocenters. The van der Waals surface area contributed by atoms with Crippen molar-refractivity contribution in [2.75, 3.05) is 23.8 Å². The van der Waals surface area contributed by atoms with Crippen LogP contribution in [0.15, 0.2) is 27.2 Å². The lowest BCUT2D eigenvalue weighted by atomic mass is 10.0. The van der Waals surface area contributed by atoms with Crippen LogP contribution in [0, 0.1) is 0 Å². The second-order valence-corrected chi connectivity index (χ2v) is 10.2. The van der Waals surface area contributed by atoms with Gasteiger partial charge in [-0.15, -0.1) is 34.4 Å². The topological polar surface area (TPSA) is 212 Å². The van der Waals surface area contributed by atoms with Crippen molar-refractivity contribution in [3.63, 3.8) is 0 Å². The van der Waals surface area contributed by atoms with Gasteiger partial charge in [0.2, 0.25) is 0 Å². The molecule has 14 nitrogen and oxygen atoms in total. The van der Waals surface area contributed by atoms with Crippen molar-refractivity contribution >= 4 is 74.2 Å². The van der Waals surface area contributed by atoms with Gasteiger partial charge in [-0.2, -0.15) is 0 Å². The van der Waals surface area contributed by atoms with Gasteiger partial charge in [-0.25, -0.2) is 14.8 Å². The van der Waals surface area contributed by atoms with Crippen molar-refractivity contribution in [2.45, 2.75) is 24.9 Å². The molecule has 2 aromatic heterocycles. The third-order valence-corrected chi connectivity index (χ3v) is 7.64. The maximum Gasteiger partial charge on any atom is 0.352 e. The molecule has 0 bridgehead atoms. The lowest BCUT2D eigenvalue weighted by Gasteiger charge is -2.49. The largest absolute Gasteiger partial charge is 0.477 e. The van der Waals surface area contributed by atoms with Crippen LogP contribution in [0.2, 0.25) is 0 Å². The van der Waals surface area contributed by atoms with Crippen LogP contribution in [-0.2, 0) is 35.4 Å². The number of anilines is 2. The van der Waals surface area contributed by atoms with Gasteiger partial charge in [0, 0.05) is 29.0 Å². The molecule has 4 heterocycles. The highest BCUT2D eigenvalue weighted by Gasteiger charge is 2.54. The Bertz CT molecular complexity index is 1290. The van der Waals surface area contributed by atoms with Gasteiger partial charge < -0.3 is 31.5 Å². The third kappa shape index (κ3) is 5.26. The SMILES string of the molecule is CC(=O)OCC1=C(C(=O)O)N2C(=O)C(NC(=O)/C(=N\OCc3csc(N)n3)c3csc(N)n3)[C@@H]2SC1. The summed E-state index contributed by atoms with van der Waals surface area (Å²) in [6.45, 7) is 0.892. The highest BCUT2D eigenvalue weighted by Crippen LogP contribution is 2.40. The fraction of sp³-hybridized carbons (Fsp3) is 0.316. The summed E-state index contributed by atoms with van der Waals surface area (Å²) in [4.78, 5) is 63.4. The lowest BCUT2D eigenvalue weighted by molar-refractivity contribution is -0.150. The lowest BCUT2D eigenvalue weighted by Crippen LogP contribution is -2.71. The number of carbonyl (C=O) groups excluding carboxylic acids is 3. The van der Waals surface area contributed by atoms with Crippen LogP contribution >= 0.6 is 34.4 Å². The normalized spacial score (nSPS) is 19.4. The van der Waals surface area contributed by atoms with E-state index in [9.17, 15) is 24.3 Å². The zero-order chi connectivity index (χ0) is 26.0. The number of amides is 2. The first-order valence-electron chi connectivity index (χ1n) is 10.1. The molecule has 0 spiro atoms. The first-order valence-corrected chi connectivity index (χ1v) is 12.9. The predicted molar refractivity (Wildman–Crippen MR) is 131 cm³/mol. The maximum absolute atomic E-state index is 13.1. The molecular formula is C19H19N7O7S3. The molecule has 1 fully saturated rings. The van der Waals surface area contributed by atoms with Crippen molar-refractivity contribution in [1.82, 2.24) is 20.2 Å². The molecule has 4 rings (SSSR count). The number of fused-ring (bicyclic) bond motifs is 1. The number of carboxylic acids is 1. The van der Waals surface area contributed by atoms with Crippen LogP contribution in [0.25, 0.3) is 0 Å². The number of ether oxygens (including phenoxy) is 1. The molecule has 36 heavy (non-hydrogen) atoms. The Morgan fingerprint density at radius 3 is 2.56 bits per heavy atom. The zero-order valence-electron chi connectivity index (χ0n) is 18.5. The van der Waals surface area contributed by atoms with Gasteiger partial charge >= 0.3 is 11.9 Å². The van der Waals surface area contributed by atoms with E-state index in [2.05, 4.69) is 20.4 Å². The van der Waals surface area contributed by atoms with Crippen molar-refractivity contribution in [2.24, 2.45) is 5.16 Å². The first-order chi connectivity index (χ1) is 17.2. The highest BCUT2D eigenvalue weighted by molar-refractivity contribution is 8.00. The number of nitrogens with zero attached hydrogens (tertiary/aromatic N) is 4. The van der Waals surface area contributed by atoms with Gasteiger partial charge in [-0.3, -0.25) is 19.3 Å². The number of aromatic nitrogens is 2. The van der Waals surface area contributed by atoms with Crippen LogP contribution in [0.4, 0.5) is 10.3 Å². The first kappa shape index (κ1) is 25.4. The summed E-state index contributed by atoms with van der Waals surface area (Å²) in [7, 11) is 0. The second-order valence-electron chi connectivity index (χ2n) is 7.36. The third-order valence-electron chi connectivity index (χ3n) is 4.90. The standard InChI is InChI=1S/C19H19N7O7S3/c1-7(27)32-2-8-4-34-16-12(15(29)26(16)13(8)17(30)31)24-14(28)11(10-6-36-19(21)23-10)25-33-3-9-5-35-18(20)22-9/h5-6,12,16H,2-4H2,1H3,(H2,20,22)(H2,21,23)(H,24,28)(H,30,31)/b25-11-/t12?,16-/m0/s1. The number of carboxylic acid groups (broad SMARTS) is 1. The number of oxime groups is 1. The fourth-order valence-electron chi connectivity index (χ4n) is 3.35. The molecule has 1 saturated heterocycles. The second kappa shape index (κ2) is 10.5. The number of nitrogens with two attached hydrogens (primary N) is 2. The van der Waals surface area contributed by atoms with E-state index in [0.29, 0.717) is 10.8 Å². The Kier molecular flexibility index (Phi) is 7.41. The monoisotopic (exact) mass is 553 g/mol. The average Bonchev–Trinajstić information content (AvgIpc) is 3.45. The molecule has 2 atom stereocenters. The number of hydrogen-bond donors (Lipinski definition) is 4. The number of thiazole rings is 2. The summed E-state index contributed by atoms with van der Waals surface area (Å²) in [5.41, 5.74) is 11.7. The van der Waals surface area contributed by atoms with E-state index >= 15 is 0 Å². The number of nitrogen functional groups attached to an aromatic ring is 2. The Hall–Kier alpha value is -3.70. The maximum atomic E-state index is 13.1. The van der Waals surface area contributed by atoms with Crippen molar-refractivity contribution in [3.05, 3.63) is 33.4 Å². The number of esters is 1. The van der Waals surface area contributed by atoms with E-state index in [4.69, 9.17) is 21.0 Å². The summed E-state index contributed by atoms with van der Waals surface area (Å²) in [5, 5.41) is 19.2. The van der Waals surface area contributed by atoms with Gasteiger partial charge in [0.1, 0.15) is 29.4 Å². The van der Waals surface area contributed by atoms with E-state index in [1.165, 1.54) is 35.4 Å². The summed E-state index contributed by atoms with van der Waals surface area (Å²) in [5.74, 6) is -3.11. The van der Waals surface area contributed by atoms with E-state index in [1.807, 2.05) is 0 Å². The average molecular weight is 554 g/mol. The van der Waals surface area contributed by atoms with Crippen molar-refractivity contribution in [3.8, 4) is 0 Å². The number of carbonyl (C=O) groups is 4. The van der Waals surface area contributed by atoms with Gasteiger partial charge in [0.15, 0.2) is 22.6 Å². The molecule has 2 aliphatic heterocycles. The Balaban J connectivity index is 1.49. The van der Waals surface area contributed by atoms with Gasteiger partial charge in [0.05, 0.1) is 5.69 Å². The van der Waals surface area contributed by atoms with Crippen molar-refractivity contribution in [1.29, 1.82) is 0 Å². The molecule has 190 valence electrons. The zero-order valence-corrected chi connectivity index (χ0v) is 20.9. The summed E-state index contributed by atoms with van der Waals surface area (Å²) >= 11 is 3.54. The number of hydrogen-bond acceptors (Lipinski definition) is 14. The Morgan fingerprint density at radius 1 is 1.22 bits per heavy atom. The van der Waals surface area contributed by atoms with Crippen LogP contribution in [0.3, 0.4) is 0 Å². The van der Waals surface area contributed by atoms with Crippen LogP contribution < -0.4 is 16.8 Å². The van der Waals surface area contributed by atoms with Crippen LogP contribution in [0.1, 0.15) is 18.3 Å². The Morgan fingerprint density at radius 2 is 1.94 bits per heavy atom. The fourth-order valence-corrected chi connectivity index (χ4v) is 5.77. The molecule has 0 aliphatic carbocycles. The van der Waals surface area contributed by atoms with E-state index < -0.39 is 35.2 Å². The molecular weight excluding hydrogens is 534 g/mol. The molecule has 6 N–H and O–H groups in total. The van der Waals surface area contributed by atoms with Crippen molar-refractivity contribution < 1.29 is 33.9 Å². The highest BCUT2D eigenvalue weighted by atomic mass is 32.2. The number of nitrogens with one attached hydrogen (secondary N) is 1. The van der Waals surface area contributed by atoms with Crippen LogP contribution in [-0.4, -0.2) is 73.2 Å². The quantitative estimate of drug-likeness (QED) is 0.140. The molecule has 0 radical (unpaired) electrons.